The van der Waals surface area contributed by atoms with Crippen LogP contribution in [-0.2, 0) is 0 Å². The Balaban J connectivity index is 1.82. The van der Waals surface area contributed by atoms with E-state index in [1.807, 2.05) is 19.9 Å². The quantitative estimate of drug-likeness (QED) is 0.672. The lowest BCUT2D eigenvalue weighted by Gasteiger charge is -2.10. The molecule has 2 amide bonds. The molecule has 2 aromatic carbocycles. The molecule has 3 aromatic rings. The molecule has 0 radical (unpaired) electrons. The molecule has 0 aliphatic rings. The number of nitrogens with one attached hydrogen (secondary N) is 2. The van der Waals surface area contributed by atoms with E-state index < -0.39 is 6.03 Å². The molecule has 7 heteroatoms. The number of aryl methyl sites for hydroxylation is 2. The number of aromatic nitrogens is 1. The third kappa shape index (κ3) is 3.29. The van der Waals surface area contributed by atoms with Gasteiger partial charge in [-0.05, 0) is 43.2 Å². The van der Waals surface area contributed by atoms with Crippen molar-refractivity contribution in [1.29, 1.82) is 0 Å². The third-order valence-electron chi connectivity index (χ3n) is 3.57. The lowest BCUT2D eigenvalue weighted by Crippen LogP contribution is -2.19. The summed E-state index contributed by atoms with van der Waals surface area (Å²) in [5, 5.41) is 6.55. The Morgan fingerprint density at radius 2 is 1.92 bits per heavy atom. The van der Waals surface area contributed by atoms with Crippen LogP contribution in [0.25, 0.3) is 10.2 Å². The molecule has 0 spiro atoms. The van der Waals surface area contributed by atoms with Gasteiger partial charge >= 0.3 is 6.03 Å². The maximum atomic E-state index is 12.3. The SMILES string of the molecule is COc1ccc(Cl)cc1NC(=O)Nc1nc2c(C)ccc(C)c2s1. The summed E-state index contributed by atoms with van der Waals surface area (Å²) in [4.78, 5) is 16.8. The number of thiazole rings is 1. The minimum atomic E-state index is -0.398. The molecule has 0 saturated heterocycles. The van der Waals surface area contributed by atoms with Gasteiger partial charge in [-0.2, -0.15) is 0 Å². The van der Waals surface area contributed by atoms with Crippen molar-refractivity contribution in [3.8, 4) is 5.75 Å². The molecule has 1 aromatic heterocycles. The number of fused-ring (bicyclic) bond motifs is 1. The highest BCUT2D eigenvalue weighted by Gasteiger charge is 2.13. The van der Waals surface area contributed by atoms with Crippen molar-refractivity contribution in [3.63, 3.8) is 0 Å². The van der Waals surface area contributed by atoms with Gasteiger partial charge in [-0.3, -0.25) is 5.32 Å². The minimum Gasteiger partial charge on any atom is -0.495 e. The predicted octanol–water partition coefficient (Wildman–Crippen LogP) is 5.22. The fourth-order valence-electron chi connectivity index (χ4n) is 2.34. The van der Waals surface area contributed by atoms with Crippen LogP contribution in [0.15, 0.2) is 30.3 Å². The molecular formula is C17H16ClN3O2S. The lowest BCUT2D eigenvalue weighted by atomic mass is 10.1. The summed E-state index contributed by atoms with van der Waals surface area (Å²) >= 11 is 7.42. The van der Waals surface area contributed by atoms with Crippen molar-refractivity contribution in [3.05, 3.63) is 46.5 Å². The van der Waals surface area contributed by atoms with Crippen LogP contribution in [0.5, 0.6) is 5.75 Å². The molecule has 5 nitrogen and oxygen atoms in total. The van der Waals surface area contributed by atoms with Crippen LogP contribution >= 0.6 is 22.9 Å². The Bertz CT molecular complexity index is 885. The van der Waals surface area contributed by atoms with Gasteiger partial charge in [-0.25, -0.2) is 9.78 Å². The second-order valence-electron chi connectivity index (χ2n) is 5.32. The molecule has 3 rings (SSSR count). The number of methoxy groups -OCH3 is 1. The number of hydrogen-bond donors (Lipinski definition) is 2. The van der Waals surface area contributed by atoms with E-state index in [1.54, 1.807) is 18.2 Å². The minimum absolute atomic E-state index is 0.398. The zero-order chi connectivity index (χ0) is 17.3. The van der Waals surface area contributed by atoms with E-state index in [-0.39, 0.29) is 0 Å². The Morgan fingerprint density at radius 1 is 1.17 bits per heavy atom. The maximum absolute atomic E-state index is 12.3. The number of amides is 2. The van der Waals surface area contributed by atoms with E-state index in [0.29, 0.717) is 21.6 Å². The highest BCUT2D eigenvalue weighted by molar-refractivity contribution is 7.22. The first-order valence-corrected chi connectivity index (χ1v) is 8.45. The van der Waals surface area contributed by atoms with Crippen LogP contribution in [0, 0.1) is 13.8 Å². The number of urea groups is 1. The molecule has 0 saturated carbocycles. The first kappa shape index (κ1) is 16.5. The van der Waals surface area contributed by atoms with Crippen molar-refractivity contribution in [1.82, 2.24) is 4.98 Å². The van der Waals surface area contributed by atoms with Crippen LogP contribution < -0.4 is 15.4 Å². The van der Waals surface area contributed by atoms with Crippen molar-refractivity contribution < 1.29 is 9.53 Å². The molecule has 0 unspecified atom stereocenters. The van der Waals surface area contributed by atoms with Gasteiger partial charge in [-0.1, -0.05) is 35.1 Å². The second kappa shape index (κ2) is 6.67. The Morgan fingerprint density at radius 3 is 2.62 bits per heavy atom. The summed E-state index contributed by atoms with van der Waals surface area (Å²) in [6, 6.07) is 8.71. The number of carbonyl (C=O) groups is 1. The van der Waals surface area contributed by atoms with Crippen molar-refractivity contribution >= 4 is 50.0 Å². The van der Waals surface area contributed by atoms with Gasteiger partial charge in [0.15, 0.2) is 5.13 Å². The van der Waals surface area contributed by atoms with Gasteiger partial charge in [0.1, 0.15) is 5.75 Å². The van der Waals surface area contributed by atoms with Crippen molar-refractivity contribution in [2.45, 2.75) is 13.8 Å². The van der Waals surface area contributed by atoms with Crippen LogP contribution in [0.1, 0.15) is 11.1 Å². The van der Waals surface area contributed by atoms with Crippen LogP contribution in [-0.4, -0.2) is 18.1 Å². The van der Waals surface area contributed by atoms with Gasteiger partial charge in [0, 0.05) is 5.02 Å². The summed E-state index contributed by atoms with van der Waals surface area (Å²) in [7, 11) is 1.53. The van der Waals surface area contributed by atoms with Gasteiger partial charge in [0.05, 0.1) is 23.0 Å². The summed E-state index contributed by atoms with van der Waals surface area (Å²) in [6.45, 7) is 4.03. The number of hydrogen-bond acceptors (Lipinski definition) is 4. The zero-order valence-electron chi connectivity index (χ0n) is 13.4. The molecule has 0 aliphatic heterocycles. The van der Waals surface area contributed by atoms with Crippen molar-refractivity contribution in [2.75, 3.05) is 17.7 Å². The van der Waals surface area contributed by atoms with Gasteiger partial charge in [0.2, 0.25) is 0 Å². The summed E-state index contributed by atoms with van der Waals surface area (Å²) < 4.78 is 6.29. The maximum Gasteiger partial charge on any atom is 0.325 e. The molecule has 0 fully saturated rings. The van der Waals surface area contributed by atoms with E-state index in [9.17, 15) is 4.79 Å². The Hall–Kier alpha value is -2.31. The number of anilines is 2. The Labute approximate surface area is 148 Å². The highest BCUT2D eigenvalue weighted by Crippen LogP contribution is 2.31. The molecule has 1 heterocycles. The first-order chi connectivity index (χ1) is 11.5. The predicted molar refractivity (Wildman–Crippen MR) is 99.7 cm³/mol. The largest absolute Gasteiger partial charge is 0.495 e. The fourth-order valence-corrected chi connectivity index (χ4v) is 3.52. The molecule has 24 heavy (non-hydrogen) atoms. The monoisotopic (exact) mass is 361 g/mol. The lowest BCUT2D eigenvalue weighted by molar-refractivity contribution is 0.262. The summed E-state index contributed by atoms with van der Waals surface area (Å²) in [6.07, 6.45) is 0. The molecular weight excluding hydrogens is 346 g/mol. The van der Waals surface area contributed by atoms with E-state index in [2.05, 4.69) is 21.7 Å². The summed E-state index contributed by atoms with van der Waals surface area (Å²) in [5.41, 5.74) is 3.63. The first-order valence-electron chi connectivity index (χ1n) is 7.26. The van der Waals surface area contributed by atoms with E-state index in [1.165, 1.54) is 18.4 Å². The number of carbonyl (C=O) groups excluding carboxylic acids is 1. The Kier molecular flexibility index (Phi) is 4.59. The highest BCUT2D eigenvalue weighted by atomic mass is 35.5. The number of halogens is 1. The molecule has 0 bridgehead atoms. The van der Waals surface area contributed by atoms with Crippen molar-refractivity contribution in [2.24, 2.45) is 0 Å². The smallest absolute Gasteiger partial charge is 0.325 e. The zero-order valence-corrected chi connectivity index (χ0v) is 15.0. The van der Waals surface area contributed by atoms with Crippen LogP contribution in [0.2, 0.25) is 5.02 Å². The van der Waals surface area contributed by atoms with Gasteiger partial charge in [-0.15, -0.1) is 0 Å². The molecule has 2 N–H and O–H groups in total. The average Bonchev–Trinajstić information content (AvgIpc) is 2.96. The fraction of sp³-hybridized carbons (Fsp3) is 0.176. The third-order valence-corrected chi connectivity index (χ3v) is 4.91. The normalized spacial score (nSPS) is 10.7. The van der Waals surface area contributed by atoms with E-state index >= 15 is 0 Å². The second-order valence-corrected chi connectivity index (χ2v) is 6.76. The molecule has 0 atom stereocenters. The van der Waals surface area contributed by atoms with Gasteiger partial charge < -0.3 is 10.1 Å². The van der Waals surface area contributed by atoms with E-state index in [0.717, 1.165) is 21.3 Å². The number of ether oxygens (including phenoxy) is 1. The number of nitrogens with zero attached hydrogens (tertiary/aromatic N) is 1. The van der Waals surface area contributed by atoms with E-state index in [4.69, 9.17) is 16.3 Å². The average molecular weight is 362 g/mol. The molecule has 0 aliphatic carbocycles. The topological polar surface area (TPSA) is 63.2 Å². The number of benzene rings is 2. The van der Waals surface area contributed by atoms with Gasteiger partial charge in [0.25, 0.3) is 0 Å². The number of rotatable bonds is 3. The molecule has 124 valence electrons. The summed E-state index contributed by atoms with van der Waals surface area (Å²) in [5.74, 6) is 0.533. The standard InChI is InChI=1S/C17H16ClN3O2S/c1-9-4-5-10(2)15-14(9)20-17(24-15)21-16(22)19-12-8-11(18)6-7-13(12)23-3/h4-8H,1-3H3,(H2,19,20,21,22). The van der Waals surface area contributed by atoms with Crippen LogP contribution in [0.3, 0.4) is 0 Å². The van der Waals surface area contributed by atoms with Crippen LogP contribution in [0.4, 0.5) is 15.6 Å².